The van der Waals surface area contributed by atoms with Crippen molar-refractivity contribution in [1.29, 1.82) is 0 Å². The maximum absolute atomic E-state index is 9.96. The van der Waals surface area contributed by atoms with E-state index < -0.39 is 24.4 Å². The summed E-state index contributed by atoms with van der Waals surface area (Å²) in [6.07, 6.45) is 1.06. The maximum Gasteiger partial charge on any atom is 0.108 e. The fraction of sp³-hybridized carbons (Fsp3) is 0.500. The van der Waals surface area contributed by atoms with Crippen LogP contribution in [0.1, 0.15) is 75.7 Å². The van der Waals surface area contributed by atoms with Gasteiger partial charge in [0.2, 0.25) is 0 Å². The van der Waals surface area contributed by atoms with Gasteiger partial charge in [-0.05, 0) is 37.1 Å². The summed E-state index contributed by atoms with van der Waals surface area (Å²) in [5, 5.41) is 41.0. The lowest BCUT2D eigenvalue weighted by molar-refractivity contribution is 0.0124. The number of hydrogen-bond acceptors (Lipinski definition) is 4. The van der Waals surface area contributed by atoms with Gasteiger partial charge in [-0.2, -0.15) is 0 Å². The number of rotatable bonds is 10. The second-order valence-corrected chi connectivity index (χ2v) is 9.21. The van der Waals surface area contributed by atoms with Crippen LogP contribution in [-0.2, 0) is 0 Å². The predicted octanol–water partition coefficient (Wildman–Crippen LogP) is 7.16. The molecule has 0 heterocycles. The second kappa shape index (κ2) is 15.4. The molecule has 0 saturated carbocycles. The first-order valence-electron chi connectivity index (χ1n) is 10.8. The van der Waals surface area contributed by atoms with Gasteiger partial charge >= 0.3 is 0 Å². The van der Waals surface area contributed by atoms with Crippen molar-refractivity contribution in [2.75, 3.05) is 0 Å². The number of hydrogen-bond donors (Lipinski definition) is 4. The van der Waals surface area contributed by atoms with E-state index in [9.17, 15) is 20.4 Å². The first kappa shape index (κ1) is 29.5. The van der Waals surface area contributed by atoms with E-state index in [-0.39, 0.29) is 0 Å². The van der Waals surface area contributed by atoms with Crippen molar-refractivity contribution in [1.82, 2.24) is 0 Å². The third-order valence-corrected chi connectivity index (χ3v) is 6.35. The van der Waals surface area contributed by atoms with Gasteiger partial charge in [0.05, 0.1) is 12.2 Å². The summed E-state index contributed by atoms with van der Waals surface area (Å²) in [5.41, 5.74) is 0.823. The molecule has 0 aliphatic carbocycles. The van der Waals surface area contributed by atoms with Gasteiger partial charge in [-0.15, -0.1) is 0 Å². The van der Waals surface area contributed by atoms with Gasteiger partial charge in [0.1, 0.15) is 12.2 Å². The molecule has 0 bridgehead atoms. The van der Waals surface area contributed by atoms with Gasteiger partial charge in [-0.1, -0.05) is 98.1 Å². The van der Waals surface area contributed by atoms with Crippen molar-refractivity contribution in [3.63, 3.8) is 0 Å². The fourth-order valence-corrected chi connectivity index (χ4v) is 4.36. The molecule has 2 rings (SSSR count). The summed E-state index contributed by atoms with van der Waals surface area (Å²) in [5.74, 6) is 0. The third kappa shape index (κ3) is 9.00. The number of aliphatic hydroxyl groups is 4. The summed E-state index contributed by atoms with van der Waals surface area (Å²) in [6.45, 7) is 4.06. The molecular weight excluding hydrogens is 494 g/mol. The number of halogens is 4. The highest BCUT2D eigenvalue weighted by Gasteiger charge is 2.23. The van der Waals surface area contributed by atoms with E-state index in [1.54, 1.807) is 36.4 Å². The third-order valence-electron chi connectivity index (χ3n) is 5.03. The van der Waals surface area contributed by atoms with Crippen LogP contribution in [0.3, 0.4) is 0 Å². The van der Waals surface area contributed by atoms with Gasteiger partial charge in [0.15, 0.2) is 0 Å². The molecular formula is C24H32Cl4O4. The molecule has 0 aromatic heterocycles. The molecule has 0 spiro atoms. The molecule has 0 radical (unpaired) electrons. The van der Waals surface area contributed by atoms with Gasteiger partial charge in [-0.3, -0.25) is 0 Å². The normalized spacial score (nSPS) is 14.8. The van der Waals surface area contributed by atoms with Crippen LogP contribution in [0.5, 0.6) is 0 Å². The van der Waals surface area contributed by atoms with Crippen molar-refractivity contribution >= 4 is 46.4 Å². The molecule has 0 aliphatic heterocycles. The number of benzene rings is 2. The van der Waals surface area contributed by atoms with E-state index in [0.29, 0.717) is 44.1 Å². The minimum absolute atomic E-state index is 0.385. The highest BCUT2D eigenvalue weighted by Crippen LogP contribution is 2.34. The molecule has 32 heavy (non-hydrogen) atoms. The Hall–Kier alpha value is -0.560. The molecule has 0 unspecified atom stereocenters. The minimum atomic E-state index is -1.02. The summed E-state index contributed by atoms with van der Waals surface area (Å²) in [7, 11) is 0. The van der Waals surface area contributed by atoms with E-state index in [1.165, 1.54) is 0 Å². The Morgan fingerprint density at radius 1 is 0.594 bits per heavy atom. The lowest BCUT2D eigenvalue weighted by Crippen LogP contribution is -2.18. The van der Waals surface area contributed by atoms with Gasteiger partial charge in [0, 0.05) is 31.2 Å². The summed E-state index contributed by atoms with van der Waals surface area (Å²) < 4.78 is 0. The SMILES string of the molecule is CCCC[C@@H](O)[C@H](O)c1c(Cl)cccc1Cl.CCCC[C@H](O)[C@@H](O)c1c(Cl)cccc1Cl. The summed E-state index contributed by atoms with van der Waals surface area (Å²) in [6, 6.07) is 10.0. The second-order valence-electron chi connectivity index (χ2n) is 7.58. The molecule has 0 aliphatic rings. The van der Waals surface area contributed by atoms with E-state index in [0.717, 1.165) is 25.7 Å². The van der Waals surface area contributed by atoms with E-state index in [2.05, 4.69) is 0 Å². The van der Waals surface area contributed by atoms with Crippen molar-refractivity contribution in [3.8, 4) is 0 Å². The lowest BCUT2D eigenvalue weighted by atomic mass is 10.0. The van der Waals surface area contributed by atoms with Gasteiger partial charge < -0.3 is 20.4 Å². The zero-order chi connectivity index (χ0) is 24.3. The fourth-order valence-electron chi connectivity index (χ4n) is 3.11. The van der Waals surface area contributed by atoms with Crippen LogP contribution in [0.25, 0.3) is 0 Å². The van der Waals surface area contributed by atoms with Crippen LogP contribution >= 0.6 is 46.4 Å². The van der Waals surface area contributed by atoms with Crippen LogP contribution in [0.4, 0.5) is 0 Å². The number of aliphatic hydroxyl groups excluding tert-OH is 4. The Bertz CT molecular complexity index is 711. The van der Waals surface area contributed by atoms with Crippen molar-refractivity contribution in [3.05, 3.63) is 67.6 Å². The largest absolute Gasteiger partial charge is 0.390 e. The highest BCUT2D eigenvalue weighted by atomic mass is 35.5. The quantitative estimate of drug-likeness (QED) is 0.265. The monoisotopic (exact) mass is 524 g/mol. The zero-order valence-corrected chi connectivity index (χ0v) is 21.3. The van der Waals surface area contributed by atoms with Gasteiger partial charge in [0.25, 0.3) is 0 Å². The average Bonchev–Trinajstić information content (AvgIpc) is 2.75. The van der Waals surface area contributed by atoms with Crippen LogP contribution in [0.15, 0.2) is 36.4 Å². The van der Waals surface area contributed by atoms with E-state index in [1.807, 2.05) is 13.8 Å². The Kier molecular flexibility index (Phi) is 14.1. The molecule has 0 saturated heterocycles. The minimum Gasteiger partial charge on any atom is -0.390 e. The molecule has 180 valence electrons. The zero-order valence-electron chi connectivity index (χ0n) is 18.3. The maximum atomic E-state index is 9.96. The molecule has 0 amide bonds. The standard InChI is InChI=1S/2C12H16Cl2O2/c2*1-2-3-7-10(15)12(16)11-8(13)5-4-6-9(11)14/h2*4-6,10,12,15-16H,2-3,7H2,1H3/t2*10-,12+/m10/s1. The van der Waals surface area contributed by atoms with Crippen LogP contribution < -0.4 is 0 Å². The lowest BCUT2D eigenvalue weighted by Gasteiger charge is -2.20. The van der Waals surface area contributed by atoms with Crippen molar-refractivity contribution in [2.24, 2.45) is 0 Å². The Labute approximate surface area is 210 Å². The van der Waals surface area contributed by atoms with Crippen LogP contribution in [0, 0.1) is 0 Å². The van der Waals surface area contributed by atoms with Crippen molar-refractivity contribution in [2.45, 2.75) is 76.8 Å². The molecule has 2 aromatic rings. The first-order chi connectivity index (χ1) is 15.1. The topological polar surface area (TPSA) is 80.9 Å². The Morgan fingerprint density at radius 3 is 1.12 bits per heavy atom. The molecule has 0 fully saturated rings. The molecule has 4 nitrogen and oxygen atoms in total. The summed E-state index contributed by atoms with van der Waals surface area (Å²) in [4.78, 5) is 0. The predicted molar refractivity (Wildman–Crippen MR) is 134 cm³/mol. The van der Waals surface area contributed by atoms with Crippen molar-refractivity contribution < 1.29 is 20.4 Å². The number of unbranched alkanes of at least 4 members (excludes halogenated alkanes) is 2. The molecule has 4 atom stereocenters. The average molecular weight is 526 g/mol. The summed E-state index contributed by atoms with van der Waals surface area (Å²) >= 11 is 23.8. The molecule has 4 N–H and O–H groups in total. The van der Waals surface area contributed by atoms with Crippen LogP contribution in [0.2, 0.25) is 20.1 Å². The Balaban J connectivity index is 0.000000320. The first-order valence-corrected chi connectivity index (χ1v) is 12.3. The van der Waals surface area contributed by atoms with Gasteiger partial charge in [-0.25, -0.2) is 0 Å². The van der Waals surface area contributed by atoms with E-state index >= 15 is 0 Å². The van der Waals surface area contributed by atoms with Crippen LogP contribution in [-0.4, -0.2) is 32.6 Å². The molecule has 2 aromatic carbocycles. The van der Waals surface area contributed by atoms with E-state index in [4.69, 9.17) is 46.4 Å². The highest BCUT2D eigenvalue weighted by molar-refractivity contribution is 6.36. The Morgan fingerprint density at radius 2 is 0.875 bits per heavy atom. The molecule has 8 heteroatoms. The smallest absolute Gasteiger partial charge is 0.108 e.